The van der Waals surface area contributed by atoms with Crippen LogP contribution in [0, 0.1) is 10.1 Å². The maximum absolute atomic E-state index is 11.9. The Labute approximate surface area is 120 Å². The van der Waals surface area contributed by atoms with Gasteiger partial charge in [0.1, 0.15) is 6.04 Å². The van der Waals surface area contributed by atoms with E-state index < -0.39 is 11.0 Å². The van der Waals surface area contributed by atoms with Crippen LogP contribution in [0.15, 0.2) is 12.3 Å². The number of ether oxygens (including phenoxy) is 1. The van der Waals surface area contributed by atoms with Crippen LogP contribution >= 0.6 is 11.6 Å². The van der Waals surface area contributed by atoms with E-state index in [2.05, 4.69) is 4.98 Å². The molecule has 1 aromatic rings. The monoisotopic (exact) mass is 299 g/mol. The average molecular weight is 300 g/mol. The van der Waals surface area contributed by atoms with Crippen molar-refractivity contribution in [3.8, 4) is 0 Å². The van der Waals surface area contributed by atoms with Gasteiger partial charge in [-0.05, 0) is 19.8 Å². The number of pyridine rings is 1. The Kier molecular flexibility index (Phi) is 4.39. The highest BCUT2D eigenvalue weighted by Crippen LogP contribution is 2.33. The van der Waals surface area contributed by atoms with E-state index in [0.29, 0.717) is 13.0 Å². The summed E-state index contributed by atoms with van der Waals surface area (Å²) >= 11 is 5.74. The third-order valence-electron chi connectivity index (χ3n) is 3.09. The van der Waals surface area contributed by atoms with Crippen LogP contribution in [0.1, 0.15) is 19.8 Å². The first-order valence-corrected chi connectivity index (χ1v) is 6.65. The van der Waals surface area contributed by atoms with Crippen molar-refractivity contribution in [3.05, 3.63) is 27.4 Å². The summed E-state index contributed by atoms with van der Waals surface area (Å²) in [5, 5.41) is 11.3. The van der Waals surface area contributed by atoms with Gasteiger partial charge in [0, 0.05) is 18.8 Å². The lowest BCUT2D eigenvalue weighted by molar-refractivity contribution is -0.384. The lowest BCUT2D eigenvalue weighted by atomic mass is 10.2. The van der Waals surface area contributed by atoms with Gasteiger partial charge in [-0.2, -0.15) is 0 Å². The van der Waals surface area contributed by atoms with Gasteiger partial charge in [-0.15, -0.1) is 0 Å². The number of carbonyl (C=O) groups excluding carboxylic acids is 1. The van der Waals surface area contributed by atoms with E-state index in [0.717, 1.165) is 6.42 Å². The molecule has 0 aromatic carbocycles. The third-order valence-corrected chi connectivity index (χ3v) is 3.30. The minimum absolute atomic E-state index is 0.162. The predicted octanol–water partition coefficient (Wildman–Crippen LogP) is 2.18. The molecular weight excluding hydrogens is 286 g/mol. The Morgan fingerprint density at radius 1 is 1.70 bits per heavy atom. The number of anilines is 1. The van der Waals surface area contributed by atoms with Crippen molar-refractivity contribution in [1.82, 2.24) is 4.98 Å². The van der Waals surface area contributed by atoms with E-state index >= 15 is 0 Å². The van der Waals surface area contributed by atoms with E-state index in [9.17, 15) is 14.9 Å². The Morgan fingerprint density at radius 2 is 2.45 bits per heavy atom. The second-order valence-electron chi connectivity index (χ2n) is 4.36. The van der Waals surface area contributed by atoms with Gasteiger partial charge in [-0.1, -0.05) is 11.6 Å². The topological polar surface area (TPSA) is 85.6 Å². The summed E-state index contributed by atoms with van der Waals surface area (Å²) in [6.07, 6.45) is 2.69. The van der Waals surface area contributed by atoms with Gasteiger partial charge in [0.2, 0.25) is 5.82 Å². The van der Waals surface area contributed by atoms with Gasteiger partial charge in [0.05, 0.1) is 16.6 Å². The summed E-state index contributed by atoms with van der Waals surface area (Å²) in [6.45, 7) is 2.53. The van der Waals surface area contributed by atoms with E-state index in [4.69, 9.17) is 16.3 Å². The zero-order valence-electron chi connectivity index (χ0n) is 10.9. The second-order valence-corrected chi connectivity index (χ2v) is 4.79. The molecule has 1 fully saturated rings. The van der Waals surface area contributed by atoms with Gasteiger partial charge in [-0.3, -0.25) is 10.1 Å². The van der Waals surface area contributed by atoms with E-state index in [1.807, 2.05) is 0 Å². The lowest BCUT2D eigenvalue weighted by Gasteiger charge is -2.23. The molecule has 7 nitrogen and oxygen atoms in total. The molecule has 1 aliphatic heterocycles. The normalized spacial score (nSPS) is 18.1. The zero-order valence-corrected chi connectivity index (χ0v) is 11.7. The molecule has 1 atom stereocenters. The fourth-order valence-corrected chi connectivity index (χ4v) is 2.43. The van der Waals surface area contributed by atoms with Crippen molar-refractivity contribution < 1.29 is 14.5 Å². The van der Waals surface area contributed by atoms with Gasteiger partial charge >= 0.3 is 11.7 Å². The van der Waals surface area contributed by atoms with Gasteiger partial charge in [0.15, 0.2) is 0 Å². The SMILES string of the molecule is CCOC(=O)[C@H]1CCCN1c1ncc(Cl)cc1[N+](=O)[O-]. The number of halogens is 1. The Hall–Kier alpha value is -1.89. The number of rotatable bonds is 4. The highest BCUT2D eigenvalue weighted by molar-refractivity contribution is 6.30. The highest BCUT2D eigenvalue weighted by atomic mass is 35.5. The number of nitro groups is 1. The molecular formula is C12H14ClN3O4. The maximum Gasteiger partial charge on any atom is 0.328 e. The average Bonchev–Trinajstić information content (AvgIpc) is 2.88. The molecule has 1 saturated heterocycles. The standard InChI is InChI=1S/C12H14ClN3O4/c1-2-20-12(17)9-4-3-5-15(9)11-10(16(18)19)6-8(13)7-14-11/h6-7,9H,2-5H2,1H3/t9-/m1/s1. The molecule has 0 bridgehead atoms. The van der Waals surface area contributed by atoms with Crippen LogP contribution in [0.4, 0.5) is 11.5 Å². The molecule has 20 heavy (non-hydrogen) atoms. The molecule has 0 N–H and O–H groups in total. The molecule has 0 unspecified atom stereocenters. The van der Waals surface area contributed by atoms with Crippen molar-refractivity contribution in [3.63, 3.8) is 0 Å². The van der Waals surface area contributed by atoms with Gasteiger partial charge in [0.25, 0.3) is 0 Å². The summed E-state index contributed by atoms with van der Waals surface area (Å²) in [6, 6.07) is 0.715. The summed E-state index contributed by atoms with van der Waals surface area (Å²) in [7, 11) is 0. The minimum atomic E-state index is -0.547. The summed E-state index contributed by atoms with van der Waals surface area (Å²) in [5.41, 5.74) is -0.200. The van der Waals surface area contributed by atoms with Crippen LogP contribution in [0.25, 0.3) is 0 Å². The quantitative estimate of drug-likeness (QED) is 0.481. The molecule has 1 aromatic heterocycles. The molecule has 0 spiro atoms. The van der Waals surface area contributed by atoms with Crippen LogP contribution in [-0.4, -0.2) is 35.1 Å². The zero-order chi connectivity index (χ0) is 14.7. The van der Waals surface area contributed by atoms with Gasteiger partial charge in [-0.25, -0.2) is 9.78 Å². The van der Waals surface area contributed by atoms with Crippen molar-refractivity contribution >= 4 is 29.1 Å². The molecule has 2 rings (SSSR count). The number of carbonyl (C=O) groups is 1. The van der Waals surface area contributed by atoms with Crippen LogP contribution < -0.4 is 4.90 Å². The van der Waals surface area contributed by atoms with E-state index in [1.165, 1.54) is 12.3 Å². The molecule has 8 heteroatoms. The molecule has 0 saturated carbocycles. The fourth-order valence-electron chi connectivity index (χ4n) is 2.28. The Morgan fingerprint density at radius 3 is 3.10 bits per heavy atom. The number of esters is 1. The molecule has 0 radical (unpaired) electrons. The van der Waals surface area contributed by atoms with E-state index in [1.54, 1.807) is 11.8 Å². The Bertz CT molecular complexity index is 537. The lowest BCUT2D eigenvalue weighted by Crippen LogP contribution is -2.38. The molecule has 2 heterocycles. The molecule has 1 aliphatic rings. The predicted molar refractivity (Wildman–Crippen MR) is 72.9 cm³/mol. The van der Waals surface area contributed by atoms with Crippen molar-refractivity contribution in [1.29, 1.82) is 0 Å². The minimum Gasteiger partial charge on any atom is -0.464 e. The summed E-state index contributed by atoms with van der Waals surface area (Å²) < 4.78 is 5.00. The number of hydrogen-bond acceptors (Lipinski definition) is 6. The maximum atomic E-state index is 11.9. The smallest absolute Gasteiger partial charge is 0.328 e. The first-order chi connectivity index (χ1) is 9.54. The van der Waals surface area contributed by atoms with Crippen molar-refractivity contribution in [2.24, 2.45) is 0 Å². The van der Waals surface area contributed by atoms with Crippen molar-refractivity contribution in [2.75, 3.05) is 18.1 Å². The first-order valence-electron chi connectivity index (χ1n) is 6.27. The van der Waals surface area contributed by atoms with E-state index in [-0.39, 0.29) is 29.1 Å². The number of nitrogens with zero attached hydrogens (tertiary/aromatic N) is 3. The second kappa shape index (κ2) is 6.04. The highest BCUT2D eigenvalue weighted by Gasteiger charge is 2.36. The van der Waals surface area contributed by atoms with Crippen LogP contribution in [0.2, 0.25) is 5.02 Å². The van der Waals surface area contributed by atoms with Gasteiger partial charge < -0.3 is 9.64 Å². The first kappa shape index (κ1) is 14.5. The summed E-state index contributed by atoms with van der Waals surface area (Å²) in [4.78, 5) is 28.1. The Balaban J connectivity index is 2.35. The number of aromatic nitrogens is 1. The van der Waals surface area contributed by atoms with Crippen LogP contribution in [0.5, 0.6) is 0 Å². The summed E-state index contributed by atoms with van der Waals surface area (Å²) in [5.74, 6) is -0.217. The fraction of sp³-hybridized carbons (Fsp3) is 0.500. The van der Waals surface area contributed by atoms with Crippen molar-refractivity contribution in [2.45, 2.75) is 25.8 Å². The number of hydrogen-bond donors (Lipinski definition) is 0. The third kappa shape index (κ3) is 2.82. The van der Waals surface area contributed by atoms with Crippen LogP contribution in [0.3, 0.4) is 0 Å². The largest absolute Gasteiger partial charge is 0.464 e. The molecule has 108 valence electrons. The van der Waals surface area contributed by atoms with Crippen LogP contribution in [-0.2, 0) is 9.53 Å². The molecule has 0 amide bonds. The molecule has 0 aliphatic carbocycles.